The minimum atomic E-state index is -0.212. The van der Waals surface area contributed by atoms with Crippen molar-refractivity contribution < 1.29 is 15.0 Å². The van der Waals surface area contributed by atoms with E-state index < -0.39 is 0 Å². The summed E-state index contributed by atoms with van der Waals surface area (Å²) in [5.74, 6) is -0.00824. The van der Waals surface area contributed by atoms with Gasteiger partial charge in [0.1, 0.15) is 5.75 Å². The van der Waals surface area contributed by atoms with E-state index >= 15 is 0 Å². The zero-order valence-electron chi connectivity index (χ0n) is 12.7. The molecule has 1 saturated heterocycles. The number of benzene rings is 1. The molecule has 2 N–H and O–H groups in total. The molecule has 122 valence electrons. The number of β-amino-alcohol motifs (C(OH)–C–C–N with tert-alkyl or cyclic N) is 1. The molecule has 3 rings (SSSR count). The lowest BCUT2D eigenvalue weighted by Gasteiger charge is -2.34. The van der Waals surface area contributed by atoms with Crippen LogP contribution >= 0.6 is 11.8 Å². The molecule has 0 aliphatic carbocycles. The molecule has 7 heteroatoms. The minimum absolute atomic E-state index is 0.174. The second-order valence-corrected chi connectivity index (χ2v) is 6.46. The smallest absolute Gasteiger partial charge is 0.286 e. The highest BCUT2D eigenvalue weighted by Gasteiger charge is 2.28. The quantitative estimate of drug-likeness (QED) is 0.803. The molecule has 23 heavy (non-hydrogen) atoms. The van der Waals surface area contributed by atoms with Crippen LogP contribution in [-0.2, 0) is 4.79 Å². The highest BCUT2D eigenvalue weighted by molar-refractivity contribution is 8.18. The highest BCUT2D eigenvalue weighted by Crippen LogP contribution is 2.30. The van der Waals surface area contributed by atoms with E-state index in [1.54, 1.807) is 30.3 Å². The van der Waals surface area contributed by atoms with Gasteiger partial charge in [-0.05, 0) is 35.5 Å². The maximum atomic E-state index is 12.1. The maximum absolute atomic E-state index is 12.1. The summed E-state index contributed by atoms with van der Waals surface area (Å²) >= 11 is 1.40. The first-order chi connectivity index (χ1) is 11.2. The zero-order chi connectivity index (χ0) is 16.2. The van der Waals surface area contributed by atoms with Crippen molar-refractivity contribution in [2.45, 2.75) is 0 Å². The van der Waals surface area contributed by atoms with Gasteiger partial charge in [-0.1, -0.05) is 12.1 Å². The van der Waals surface area contributed by atoms with Gasteiger partial charge in [0.2, 0.25) is 0 Å². The van der Waals surface area contributed by atoms with Crippen LogP contribution in [0.4, 0.5) is 0 Å². The number of piperazine rings is 1. The Bertz CT molecular complexity index is 634. The number of amides is 1. The van der Waals surface area contributed by atoms with Crippen molar-refractivity contribution in [3.05, 3.63) is 34.7 Å². The summed E-state index contributed by atoms with van der Waals surface area (Å²) < 4.78 is 0. The van der Waals surface area contributed by atoms with Crippen molar-refractivity contribution in [1.82, 2.24) is 9.80 Å². The Morgan fingerprint density at radius 2 is 1.87 bits per heavy atom. The first-order valence-electron chi connectivity index (χ1n) is 7.55. The third-order valence-electron chi connectivity index (χ3n) is 3.86. The summed E-state index contributed by atoms with van der Waals surface area (Å²) in [7, 11) is 0. The Kier molecular flexibility index (Phi) is 5.00. The van der Waals surface area contributed by atoms with E-state index in [0.717, 1.165) is 36.9 Å². The van der Waals surface area contributed by atoms with Crippen LogP contribution in [0.2, 0.25) is 0 Å². The molecule has 0 bridgehead atoms. The third kappa shape index (κ3) is 3.93. The number of aliphatic hydroxyl groups is 1. The van der Waals surface area contributed by atoms with Crippen LogP contribution in [-0.4, -0.2) is 70.4 Å². The average Bonchev–Trinajstić information content (AvgIpc) is 2.92. The number of aliphatic imine (C=N–C) groups is 1. The van der Waals surface area contributed by atoms with Crippen LogP contribution in [0, 0.1) is 0 Å². The molecular weight excluding hydrogens is 314 g/mol. The molecule has 2 heterocycles. The molecule has 0 unspecified atom stereocenters. The molecule has 1 amide bonds. The number of phenolic OH excluding ortho intramolecular Hbond substituents is 1. The Morgan fingerprint density at radius 3 is 2.52 bits per heavy atom. The van der Waals surface area contributed by atoms with Gasteiger partial charge in [-0.15, -0.1) is 0 Å². The lowest BCUT2D eigenvalue weighted by atomic mass is 10.2. The molecule has 6 nitrogen and oxygen atoms in total. The van der Waals surface area contributed by atoms with Crippen molar-refractivity contribution in [2.24, 2.45) is 4.99 Å². The SMILES string of the molecule is O=C1N=C(N2CCN(CCO)CC2)S/C1=C\c1ccc(O)cc1. The van der Waals surface area contributed by atoms with Gasteiger partial charge in [-0.2, -0.15) is 4.99 Å². The Hall–Kier alpha value is -1.83. The van der Waals surface area contributed by atoms with Crippen LogP contribution < -0.4 is 0 Å². The number of aliphatic hydroxyl groups excluding tert-OH is 1. The van der Waals surface area contributed by atoms with E-state index in [4.69, 9.17) is 5.11 Å². The Labute approximate surface area is 139 Å². The van der Waals surface area contributed by atoms with Crippen LogP contribution in [0.15, 0.2) is 34.2 Å². The normalized spacial score (nSPS) is 21.1. The van der Waals surface area contributed by atoms with Gasteiger partial charge in [-0.25, -0.2) is 0 Å². The number of carbonyl (C=O) groups excluding carboxylic acids is 1. The first kappa shape index (κ1) is 16.0. The number of aromatic hydroxyl groups is 1. The molecule has 2 aliphatic rings. The van der Waals surface area contributed by atoms with Gasteiger partial charge in [0.05, 0.1) is 11.5 Å². The monoisotopic (exact) mass is 333 g/mol. The molecule has 0 aromatic heterocycles. The number of phenols is 1. The van der Waals surface area contributed by atoms with Crippen molar-refractivity contribution in [2.75, 3.05) is 39.3 Å². The van der Waals surface area contributed by atoms with Gasteiger partial charge < -0.3 is 15.1 Å². The van der Waals surface area contributed by atoms with E-state index in [0.29, 0.717) is 11.4 Å². The van der Waals surface area contributed by atoms with E-state index in [-0.39, 0.29) is 18.3 Å². The molecule has 0 saturated carbocycles. The molecule has 0 atom stereocenters. The third-order valence-corrected chi connectivity index (χ3v) is 4.90. The number of thioether (sulfide) groups is 1. The average molecular weight is 333 g/mol. The summed E-state index contributed by atoms with van der Waals surface area (Å²) in [6.07, 6.45) is 1.80. The van der Waals surface area contributed by atoms with Crippen molar-refractivity contribution in [1.29, 1.82) is 0 Å². The van der Waals surface area contributed by atoms with E-state index in [1.165, 1.54) is 11.8 Å². The van der Waals surface area contributed by atoms with E-state index in [9.17, 15) is 9.90 Å². The van der Waals surface area contributed by atoms with Crippen LogP contribution in [0.5, 0.6) is 5.75 Å². The molecule has 2 aliphatic heterocycles. The molecule has 0 radical (unpaired) electrons. The number of nitrogens with zero attached hydrogens (tertiary/aromatic N) is 3. The first-order valence-corrected chi connectivity index (χ1v) is 8.37. The molecule has 0 spiro atoms. The van der Waals surface area contributed by atoms with Gasteiger partial charge >= 0.3 is 0 Å². The summed E-state index contributed by atoms with van der Waals surface area (Å²) in [5, 5.41) is 19.0. The topological polar surface area (TPSA) is 76.4 Å². The second kappa shape index (κ2) is 7.16. The fraction of sp³-hybridized carbons (Fsp3) is 0.375. The largest absolute Gasteiger partial charge is 0.508 e. The predicted octanol–water partition coefficient (Wildman–Crippen LogP) is 0.972. The number of hydrogen-bond donors (Lipinski definition) is 2. The standard InChI is InChI=1S/C16H19N3O3S/c20-10-9-18-5-7-19(8-6-18)16-17-15(22)14(23-16)11-12-1-3-13(21)4-2-12/h1-4,11,20-21H,5-10H2/b14-11-. The molecule has 1 aromatic carbocycles. The van der Waals surface area contributed by atoms with E-state index in [2.05, 4.69) is 14.8 Å². The lowest BCUT2D eigenvalue weighted by Crippen LogP contribution is -2.48. The van der Waals surface area contributed by atoms with Crippen LogP contribution in [0.3, 0.4) is 0 Å². The fourth-order valence-corrected chi connectivity index (χ4v) is 3.52. The Morgan fingerprint density at radius 1 is 1.17 bits per heavy atom. The van der Waals surface area contributed by atoms with Crippen molar-refractivity contribution in [3.63, 3.8) is 0 Å². The van der Waals surface area contributed by atoms with Crippen molar-refractivity contribution in [3.8, 4) is 5.75 Å². The number of amidine groups is 1. The minimum Gasteiger partial charge on any atom is -0.508 e. The fourth-order valence-electron chi connectivity index (χ4n) is 2.56. The van der Waals surface area contributed by atoms with Gasteiger partial charge in [-0.3, -0.25) is 9.69 Å². The summed E-state index contributed by atoms with van der Waals surface area (Å²) in [6, 6.07) is 6.72. The lowest BCUT2D eigenvalue weighted by molar-refractivity contribution is -0.113. The summed E-state index contributed by atoms with van der Waals surface area (Å²) in [6.45, 7) is 4.22. The van der Waals surface area contributed by atoms with Crippen LogP contribution in [0.25, 0.3) is 6.08 Å². The number of carbonyl (C=O) groups is 1. The highest BCUT2D eigenvalue weighted by atomic mass is 32.2. The van der Waals surface area contributed by atoms with Crippen molar-refractivity contribution >= 4 is 28.9 Å². The molecule has 1 aromatic rings. The van der Waals surface area contributed by atoms with Gasteiger partial charge in [0.25, 0.3) is 5.91 Å². The van der Waals surface area contributed by atoms with E-state index in [1.807, 2.05) is 0 Å². The molecule has 1 fully saturated rings. The van der Waals surface area contributed by atoms with Gasteiger partial charge in [0, 0.05) is 32.7 Å². The summed E-state index contributed by atoms with van der Waals surface area (Å²) in [4.78, 5) is 21.1. The van der Waals surface area contributed by atoms with Crippen LogP contribution in [0.1, 0.15) is 5.56 Å². The second-order valence-electron chi connectivity index (χ2n) is 5.45. The maximum Gasteiger partial charge on any atom is 0.286 e. The number of rotatable bonds is 3. The predicted molar refractivity (Wildman–Crippen MR) is 91.2 cm³/mol. The molecular formula is C16H19N3O3S. The number of hydrogen-bond acceptors (Lipinski definition) is 6. The zero-order valence-corrected chi connectivity index (χ0v) is 13.5. The Balaban J connectivity index is 1.63. The summed E-state index contributed by atoms with van der Waals surface area (Å²) in [5.41, 5.74) is 0.864. The van der Waals surface area contributed by atoms with Gasteiger partial charge in [0.15, 0.2) is 5.17 Å².